The number of halogens is 5. The molecule has 0 saturated heterocycles. The topological polar surface area (TPSA) is 17.8 Å². The second kappa shape index (κ2) is 4.28. The molecule has 3 rings (SSSR count). The molecule has 1 aliphatic carbocycles. The van der Waals surface area contributed by atoms with Crippen LogP contribution in [0.25, 0.3) is 11.0 Å². The molecular formula is C13H11Cl2F3N2. The zero-order valence-corrected chi connectivity index (χ0v) is 12.0. The number of fused-ring (bicyclic) bond motifs is 1. The van der Waals surface area contributed by atoms with E-state index < -0.39 is 17.1 Å². The van der Waals surface area contributed by atoms with Gasteiger partial charge in [-0.2, -0.15) is 13.2 Å². The standard InChI is InChI=1S/C13H11Cl2F3N2/c1-7(14)11-19-10-8(15)3-2-4-9(10)20(11)12(5-6-12)13(16,17)18/h2-4,7H,5-6H2,1H3. The Bertz CT molecular complexity index is 672. The quantitative estimate of drug-likeness (QED) is 0.708. The third-order valence-electron chi connectivity index (χ3n) is 3.70. The largest absolute Gasteiger partial charge is 0.412 e. The zero-order valence-electron chi connectivity index (χ0n) is 10.5. The normalized spacial score (nSPS) is 19.3. The van der Waals surface area contributed by atoms with Gasteiger partial charge in [-0.25, -0.2) is 4.98 Å². The van der Waals surface area contributed by atoms with Gasteiger partial charge in [0.15, 0.2) is 0 Å². The van der Waals surface area contributed by atoms with Gasteiger partial charge < -0.3 is 4.57 Å². The molecule has 0 aliphatic heterocycles. The molecule has 7 heteroatoms. The summed E-state index contributed by atoms with van der Waals surface area (Å²) >= 11 is 12.1. The third kappa shape index (κ3) is 1.83. The first kappa shape index (κ1) is 14.0. The lowest BCUT2D eigenvalue weighted by atomic mass is 10.2. The number of aromatic nitrogens is 2. The van der Waals surface area contributed by atoms with Crippen molar-refractivity contribution in [1.82, 2.24) is 9.55 Å². The van der Waals surface area contributed by atoms with Crippen LogP contribution in [-0.2, 0) is 5.54 Å². The van der Waals surface area contributed by atoms with E-state index in [1.54, 1.807) is 25.1 Å². The highest BCUT2D eigenvalue weighted by Gasteiger charge is 2.66. The Morgan fingerprint density at radius 1 is 1.35 bits per heavy atom. The van der Waals surface area contributed by atoms with Crippen molar-refractivity contribution < 1.29 is 13.2 Å². The Hall–Kier alpha value is -0.940. The summed E-state index contributed by atoms with van der Waals surface area (Å²) in [6.45, 7) is 1.61. The minimum atomic E-state index is -4.33. The van der Waals surface area contributed by atoms with Crippen molar-refractivity contribution in [3.05, 3.63) is 29.0 Å². The summed E-state index contributed by atoms with van der Waals surface area (Å²) in [5, 5.41) is -0.295. The molecule has 1 aromatic heterocycles. The van der Waals surface area contributed by atoms with Gasteiger partial charge in [-0.3, -0.25) is 0 Å². The fourth-order valence-electron chi connectivity index (χ4n) is 2.55. The van der Waals surface area contributed by atoms with Crippen molar-refractivity contribution in [1.29, 1.82) is 0 Å². The minimum Gasteiger partial charge on any atom is -0.311 e. The molecular weight excluding hydrogens is 312 g/mol. The van der Waals surface area contributed by atoms with Gasteiger partial charge in [-0.05, 0) is 31.9 Å². The van der Waals surface area contributed by atoms with Gasteiger partial charge in [0.2, 0.25) is 0 Å². The number of hydrogen-bond donors (Lipinski definition) is 0. The second-order valence-corrected chi connectivity index (χ2v) is 6.12. The maximum absolute atomic E-state index is 13.4. The first-order chi connectivity index (χ1) is 9.28. The van der Waals surface area contributed by atoms with Gasteiger partial charge in [0.25, 0.3) is 0 Å². The van der Waals surface area contributed by atoms with Crippen LogP contribution in [0.5, 0.6) is 0 Å². The summed E-state index contributed by atoms with van der Waals surface area (Å²) in [4.78, 5) is 4.23. The Morgan fingerprint density at radius 2 is 2.00 bits per heavy atom. The molecule has 1 aromatic carbocycles. The van der Waals surface area contributed by atoms with Gasteiger partial charge in [-0.15, -0.1) is 11.6 Å². The summed E-state index contributed by atoms with van der Waals surface area (Å²) in [5.41, 5.74) is -1.13. The van der Waals surface area contributed by atoms with E-state index in [4.69, 9.17) is 23.2 Å². The Kier molecular flexibility index (Phi) is 3.00. The van der Waals surface area contributed by atoms with Gasteiger partial charge >= 0.3 is 6.18 Å². The summed E-state index contributed by atoms with van der Waals surface area (Å²) in [7, 11) is 0. The van der Waals surface area contributed by atoms with Crippen LogP contribution in [-0.4, -0.2) is 15.7 Å². The highest BCUT2D eigenvalue weighted by Crippen LogP contribution is 2.57. The molecule has 1 unspecified atom stereocenters. The van der Waals surface area contributed by atoms with Crippen LogP contribution in [0.15, 0.2) is 18.2 Å². The zero-order chi connectivity index (χ0) is 14.7. The highest BCUT2D eigenvalue weighted by molar-refractivity contribution is 6.35. The molecule has 1 saturated carbocycles. The monoisotopic (exact) mass is 322 g/mol. The highest BCUT2D eigenvalue weighted by atomic mass is 35.5. The lowest BCUT2D eigenvalue weighted by Crippen LogP contribution is -2.36. The van der Waals surface area contributed by atoms with Gasteiger partial charge in [0.05, 0.1) is 15.9 Å². The Balaban J connectivity index is 2.34. The van der Waals surface area contributed by atoms with E-state index >= 15 is 0 Å². The molecule has 2 nitrogen and oxygen atoms in total. The predicted molar refractivity (Wildman–Crippen MR) is 72.3 cm³/mol. The number of hydrogen-bond acceptors (Lipinski definition) is 1. The maximum Gasteiger partial charge on any atom is 0.412 e. The first-order valence-corrected chi connectivity index (χ1v) is 6.97. The summed E-state index contributed by atoms with van der Waals surface area (Å²) < 4.78 is 41.4. The molecule has 1 heterocycles. The molecule has 0 spiro atoms. The van der Waals surface area contributed by atoms with E-state index in [-0.39, 0.29) is 18.7 Å². The lowest BCUT2D eigenvalue weighted by Gasteiger charge is -2.24. The number of nitrogens with zero attached hydrogens (tertiary/aromatic N) is 2. The van der Waals surface area contributed by atoms with Crippen LogP contribution >= 0.6 is 23.2 Å². The van der Waals surface area contributed by atoms with Crippen LogP contribution in [0.3, 0.4) is 0 Å². The maximum atomic E-state index is 13.4. The molecule has 1 fully saturated rings. The van der Waals surface area contributed by atoms with Crippen molar-refractivity contribution in [3.8, 4) is 0 Å². The molecule has 108 valence electrons. The van der Waals surface area contributed by atoms with E-state index in [2.05, 4.69) is 4.98 Å². The number of imidazole rings is 1. The van der Waals surface area contributed by atoms with Crippen LogP contribution in [0.4, 0.5) is 13.2 Å². The predicted octanol–water partition coefficient (Wildman–Crippen LogP) is 5.04. The van der Waals surface area contributed by atoms with Gasteiger partial charge in [0, 0.05) is 0 Å². The summed E-state index contributed by atoms with van der Waals surface area (Å²) in [5.74, 6) is 0.213. The number of para-hydroxylation sites is 1. The van der Waals surface area contributed by atoms with Crippen LogP contribution in [0, 0.1) is 0 Å². The van der Waals surface area contributed by atoms with Gasteiger partial charge in [0.1, 0.15) is 16.9 Å². The first-order valence-electron chi connectivity index (χ1n) is 6.16. The van der Waals surface area contributed by atoms with Crippen molar-refractivity contribution in [2.45, 2.75) is 36.9 Å². The number of rotatable bonds is 2. The molecule has 0 bridgehead atoms. The fraction of sp³-hybridized carbons (Fsp3) is 0.462. The summed E-state index contributed by atoms with van der Waals surface area (Å²) in [6, 6.07) is 4.83. The lowest BCUT2D eigenvalue weighted by molar-refractivity contribution is -0.179. The smallest absolute Gasteiger partial charge is 0.311 e. The summed E-state index contributed by atoms with van der Waals surface area (Å²) in [6.07, 6.45) is -4.24. The molecule has 1 atom stereocenters. The van der Waals surface area contributed by atoms with E-state index in [0.717, 1.165) is 0 Å². The number of alkyl halides is 4. The Morgan fingerprint density at radius 3 is 2.50 bits per heavy atom. The second-order valence-electron chi connectivity index (χ2n) is 5.06. The minimum absolute atomic E-state index is 0.0467. The Labute approximate surface area is 123 Å². The molecule has 20 heavy (non-hydrogen) atoms. The van der Waals surface area contributed by atoms with Crippen molar-refractivity contribution >= 4 is 34.2 Å². The average molecular weight is 323 g/mol. The van der Waals surface area contributed by atoms with Crippen molar-refractivity contribution in [2.75, 3.05) is 0 Å². The molecule has 0 amide bonds. The van der Waals surface area contributed by atoms with E-state index in [1.165, 1.54) is 4.57 Å². The van der Waals surface area contributed by atoms with E-state index in [0.29, 0.717) is 16.1 Å². The third-order valence-corrected chi connectivity index (χ3v) is 4.20. The van der Waals surface area contributed by atoms with Crippen LogP contribution < -0.4 is 0 Å². The van der Waals surface area contributed by atoms with Crippen LogP contribution in [0.2, 0.25) is 5.02 Å². The molecule has 0 N–H and O–H groups in total. The van der Waals surface area contributed by atoms with E-state index in [9.17, 15) is 13.2 Å². The van der Waals surface area contributed by atoms with Crippen molar-refractivity contribution in [2.24, 2.45) is 0 Å². The van der Waals surface area contributed by atoms with Gasteiger partial charge in [-0.1, -0.05) is 17.7 Å². The van der Waals surface area contributed by atoms with E-state index in [1.807, 2.05) is 0 Å². The fourth-order valence-corrected chi connectivity index (χ4v) is 2.91. The average Bonchev–Trinajstić information content (AvgIpc) is 3.04. The molecule has 1 aliphatic rings. The molecule has 0 radical (unpaired) electrons. The van der Waals surface area contributed by atoms with Crippen molar-refractivity contribution in [3.63, 3.8) is 0 Å². The molecule has 2 aromatic rings. The van der Waals surface area contributed by atoms with Crippen LogP contribution in [0.1, 0.15) is 31.0 Å². The number of benzene rings is 1. The SMILES string of the molecule is CC(Cl)c1nc2c(Cl)cccc2n1C1(C(F)(F)F)CC1.